The summed E-state index contributed by atoms with van der Waals surface area (Å²) in [5.74, 6) is -1.17. The molecule has 0 bridgehead atoms. The third-order valence-corrected chi connectivity index (χ3v) is 3.39. The lowest BCUT2D eigenvalue weighted by Crippen LogP contribution is -2.03. The van der Waals surface area contributed by atoms with E-state index >= 15 is 0 Å². The minimum absolute atomic E-state index is 0.302. The smallest absolute Gasteiger partial charge is 0.249 e. The van der Waals surface area contributed by atoms with Crippen molar-refractivity contribution in [2.75, 3.05) is 10.6 Å². The molecule has 0 saturated heterocycles. The molecule has 0 atom stereocenters. The molecule has 1 aromatic heterocycles. The van der Waals surface area contributed by atoms with Crippen LogP contribution in [-0.2, 0) is 0 Å². The van der Waals surface area contributed by atoms with Crippen LogP contribution in [0.3, 0.4) is 0 Å². The van der Waals surface area contributed by atoms with Crippen molar-refractivity contribution in [3.8, 4) is 0 Å². The zero-order valence-corrected chi connectivity index (χ0v) is 13.1. The molecule has 0 aliphatic carbocycles. The van der Waals surface area contributed by atoms with Crippen LogP contribution in [0.15, 0.2) is 42.6 Å². The maximum atomic E-state index is 13.3. The van der Waals surface area contributed by atoms with Crippen molar-refractivity contribution < 1.29 is 8.78 Å². The van der Waals surface area contributed by atoms with Gasteiger partial charge in [0.1, 0.15) is 0 Å². The standard InChI is InChI=1S/C17H15F2N5/c1-10-3-4-11(2)15(7-10)22-17-23-16(9-20-24-17)21-12-5-6-13(18)14(19)8-12/h3-9H,1-2H3,(H2,21,22,23,24). The number of hydrogen-bond acceptors (Lipinski definition) is 5. The molecule has 7 heteroatoms. The first kappa shape index (κ1) is 15.8. The molecule has 0 amide bonds. The van der Waals surface area contributed by atoms with Crippen molar-refractivity contribution in [2.24, 2.45) is 0 Å². The molecular formula is C17H15F2N5. The average Bonchev–Trinajstić information content (AvgIpc) is 2.55. The van der Waals surface area contributed by atoms with Crippen molar-refractivity contribution in [2.45, 2.75) is 13.8 Å². The fourth-order valence-electron chi connectivity index (χ4n) is 2.13. The van der Waals surface area contributed by atoms with Crippen LogP contribution in [0.4, 0.5) is 31.9 Å². The van der Waals surface area contributed by atoms with Crippen LogP contribution in [0, 0.1) is 25.5 Å². The predicted octanol–water partition coefficient (Wildman–Crippen LogP) is 4.25. The number of nitrogens with one attached hydrogen (secondary N) is 2. The van der Waals surface area contributed by atoms with Gasteiger partial charge in [0.2, 0.25) is 5.95 Å². The van der Waals surface area contributed by atoms with Gasteiger partial charge in [0, 0.05) is 17.4 Å². The summed E-state index contributed by atoms with van der Waals surface area (Å²) in [6.45, 7) is 3.96. The van der Waals surface area contributed by atoms with Crippen molar-refractivity contribution >= 4 is 23.1 Å². The summed E-state index contributed by atoms with van der Waals surface area (Å²) in [6, 6.07) is 9.50. The first-order valence-electron chi connectivity index (χ1n) is 7.27. The van der Waals surface area contributed by atoms with Gasteiger partial charge in [-0.25, -0.2) is 8.78 Å². The Morgan fingerprint density at radius 1 is 0.917 bits per heavy atom. The van der Waals surface area contributed by atoms with E-state index in [4.69, 9.17) is 0 Å². The second-order valence-corrected chi connectivity index (χ2v) is 5.36. The summed E-state index contributed by atoms with van der Waals surface area (Å²) in [7, 11) is 0. The Kier molecular flexibility index (Phi) is 4.33. The molecule has 24 heavy (non-hydrogen) atoms. The van der Waals surface area contributed by atoms with Crippen molar-refractivity contribution in [1.82, 2.24) is 15.2 Å². The first-order chi connectivity index (χ1) is 11.5. The van der Waals surface area contributed by atoms with Crippen LogP contribution in [-0.4, -0.2) is 15.2 Å². The van der Waals surface area contributed by atoms with Crippen LogP contribution in [0.5, 0.6) is 0 Å². The number of hydrogen-bond donors (Lipinski definition) is 2. The highest BCUT2D eigenvalue weighted by Gasteiger charge is 2.06. The van der Waals surface area contributed by atoms with Crippen LogP contribution in [0.1, 0.15) is 11.1 Å². The Hall–Kier alpha value is -3.09. The second kappa shape index (κ2) is 6.57. The van der Waals surface area contributed by atoms with Crippen LogP contribution in [0.2, 0.25) is 0 Å². The van der Waals surface area contributed by atoms with E-state index in [1.807, 2.05) is 32.0 Å². The summed E-state index contributed by atoms with van der Waals surface area (Å²) in [5, 5.41) is 13.8. The van der Waals surface area contributed by atoms with Gasteiger partial charge in [-0.2, -0.15) is 10.1 Å². The van der Waals surface area contributed by atoms with Crippen LogP contribution in [0.25, 0.3) is 0 Å². The molecule has 2 aromatic carbocycles. The SMILES string of the molecule is Cc1ccc(C)c(Nc2nncc(Nc3ccc(F)c(F)c3)n2)c1. The zero-order valence-electron chi connectivity index (χ0n) is 13.1. The van der Waals surface area contributed by atoms with Gasteiger partial charge in [0.05, 0.1) is 6.20 Å². The number of nitrogens with zero attached hydrogens (tertiary/aromatic N) is 3. The minimum atomic E-state index is -0.934. The average molecular weight is 327 g/mol. The second-order valence-electron chi connectivity index (χ2n) is 5.36. The number of aromatic nitrogens is 3. The Morgan fingerprint density at radius 2 is 1.75 bits per heavy atom. The van der Waals surface area contributed by atoms with Gasteiger partial charge in [-0.1, -0.05) is 12.1 Å². The highest BCUT2D eigenvalue weighted by molar-refractivity contribution is 5.61. The molecule has 5 nitrogen and oxygen atoms in total. The largest absolute Gasteiger partial charge is 0.339 e. The maximum absolute atomic E-state index is 13.3. The van der Waals surface area contributed by atoms with E-state index in [1.54, 1.807) is 0 Å². The lowest BCUT2D eigenvalue weighted by atomic mass is 10.1. The number of halogens is 2. The Balaban J connectivity index is 1.81. The monoisotopic (exact) mass is 327 g/mol. The summed E-state index contributed by atoms with van der Waals surface area (Å²) >= 11 is 0. The molecule has 0 aliphatic heterocycles. The number of anilines is 4. The Bertz CT molecular complexity index is 883. The van der Waals surface area contributed by atoms with Gasteiger partial charge >= 0.3 is 0 Å². The summed E-state index contributed by atoms with van der Waals surface area (Å²) < 4.78 is 26.2. The fraction of sp³-hybridized carbons (Fsp3) is 0.118. The van der Waals surface area contributed by atoms with Gasteiger partial charge < -0.3 is 10.6 Å². The van der Waals surface area contributed by atoms with E-state index in [0.717, 1.165) is 28.9 Å². The lowest BCUT2D eigenvalue weighted by Gasteiger charge is -2.10. The fourth-order valence-corrected chi connectivity index (χ4v) is 2.13. The van der Waals surface area contributed by atoms with Crippen LogP contribution < -0.4 is 10.6 Å². The molecule has 0 unspecified atom stereocenters. The van der Waals surface area contributed by atoms with Crippen LogP contribution >= 0.6 is 0 Å². The summed E-state index contributed by atoms with van der Waals surface area (Å²) in [5.41, 5.74) is 3.39. The Morgan fingerprint density at radius 3 is 2.54 bits per heavy atom. The van der Waals surface area contributed by atoms with Gasteiger partial charge in [-0.3, -0.25) is 0 Å². The van der Waals surface area contributed by atoms with E-state index < -0.39 is 11.6 Å². The lowest BCUT2D eigenvalue weighted by molar-refractivity contribution is 0.509. The van der Waals surface area contributed by atoms with Gasteiger partial charge in [-0.15, -0.1) is 5.10 Å². The third kappa shape index (κ3) is 3.62. The molecule has 122 valence electrons. The number of benzene rings is 2. The zero-order chi connectivity index (χ0) is 17.1. The van der Waals surface area contributed by atoms with Gasteiger partial charge in [0.15, 0.2) is 17.5 Å². The molecule has 0 spiro atoms. The van der Waals surface area contributed by atoms with E-state index in [9.17, 15) is 8.78 Å². The van der Waals surface area contributed by atoms with E-state index in [0.29, 0.717) is 17.5 Å². The molecule has 0 aliphatic rings. The molecule has 0 radical (unpaired) electrons. The van der Waals surface area contributed by atoms with E-state index in [1.165, 1.54) is 12.3 Å². The minimum Gasteiger partial charge on any atom is -0.339 e. The molecule has 0 fully saturated rings. The topological polar surface area (TPSA) is 62.7 Å². The molecule has 3 rings (SSSR count). The molecule has 1 heterocycles. The molecule has 2 N–H and O–H groups in total. The number of rotatable bonds is 4. The highest BCUT2D eigenvalue weighted by Crippen LogP contribution is 2.21. The highest BCUT2D eigenvalue weighted by atomic mass is 19.2. The summed E-state index contributed by atoms with van der Waals surface area (Å²) in [4.78, 5) is 4.27. The third-order valence-electron chi connectivity index (χ3n) is 3.39. The normalized spacial score (nSPS) is 10.5. The van der Waals surface area contributed by atoms with E-state index in [2.05, 4.69) is 25.8 Å². The van der Waals surface area contributed by atoms with Gasteiger partial charge in [0.25, 0.3) is 0 Å². The quantitative estimate of drug-likeness (QED) is 0.750. The predicted molar refractivity (Wildman–Crippen MR) is 88.7 cm³/mol. The molecular weight excluding hydrogens is 312 g/mol. The molecule has 0 saturated carbocycles. The van der Waals surface area contributed by atoms with Crippen molar-refractivity contribution in [3.63, 3.8) is 0 Å². The molecule has 3 aromatic rings. The van der Waals surface area contributed by atoms with Gasteiger partial charge in [-0.05, 0) is 43.2 Å². The van der Waals surface area contributed by atoms with E-state index in [-0.39, 0.29) is 0 Å². The number of aryl methyl sites for hydroxylation is 2. The maximum Gasteiger partial charge on any atom is 0.249 e. The van der Waals surface area contributed by atoms with Crippen molar-refractivity contribution in [3.05, 3.63) is 65.4 Å². The summed E-state index contributed by atoms with van der Waals surface area (Å²) in [6.07, 6.45) is 1.40. The Labute approximate surface area is 137 Å². The first-order valence-corrected chi connectivity index (χ1v) is 7.27. The van der Waals surface area contributed by atoms with Crippen molar-refractivity contribution in [1.29, 1.82) is 0 Å².